The van der Waals surface area contributed by atoms with Crippen LogP contribution in [0.15, 0.2) is 12.3 Å². The highest BCUT2D eigenvalue weighted by Crippen LogP contribution is 2.04. The molecule has 1 atom stereocenters. The van der Waals surface area contributed by atoms with Crippen molar-refractivity contribution in [1.29, 1.82) is 0 Å². The molecule has 0 saturated heterocycles. The molecule has 98 valence electrons. The highest BCUT2D eigenvalue weighted by atomic mass is 16.5. The summed E-state index contributed by atoms with van der Waals surface area (Å²) in [6, 6.07) is 2.43. The fraction of sp³-hybridized carbons (Fsp3) is 0.750. The lowest BCUT2D eigenvalue weighted by Gasteiger charge is -2.16. The third-order valence-corrected chi connectivity index (χ3v) is 2.83. The average Bonchev–Trinajstić information content (AvgIpc) is 2.74. The molecule has 0 bridgehead atoms. The van der Waals surface area contributed by atoms with E-state index in [9.17, 15) is 0 Å². The summed E-state index contributed by atoms with van der Waals surface area (Å²) in [5, 5.41) is 7.42. The van der Waals surface area contributed by atoms with Crippen molar-refractivity contribution < 1.29 is 9.47 Å². The zero-order chi connectivity index (χ0) is 12.5. The molecule has 1 aromatic rings. The second-order valence-corrected chi connectivity index (χ2v) is 4.04. The van der Waals surface area contributed by atoms with E-state index in [1.54, 1.807) is 7.11 Å². The largest absolute Gasteiger partial charge is 0.382 e. The average molecular weight is 241 g/mol. The van der Waals surface area contributed by atoms with Crippen molar-refractivity contribution in [3.05, 3.63) is 18.0 Å². The Hall–Kier alpha value is -0.910. The van der Waals surface area contributed by atoms with Crippen molar-refractivity contribution in [2.24, 2.45) is 7.05 Å². The van der Waals surface area contributed by atoms with E-state index in [4.69, 9.17) is 9.47 Å². The Morgan fingerprint density at radius 3 is 2.88 bits per heavy atom. The first kappa shape index (κ1) is 14.2. The maximum Gasteiger partial charge on any atom is 0.0701 e. The summed E-state index contributed by atoms with van der Waals surface area (Å²) < 4.78 is 12.4. The Labute approximate surface area is 103 Å². The molecule has 0 spiro atoms. The van der Waals surface area contributed by atoms with Crippen LogP contribution in [0.1, 0.15) is 12.1 Å². The molecule has 0 aliphatic heterocycles. The molecule has 1 aromatic heterocycles. The molecule has 0 aromatic carbocycles. The van der Waals surface area contributed by atoms with Crippen LogP contribution >= 0.6 is 0 Å². The van der Waals surface area contributed by atoms with Crippen LogP contribution in [0, 0.1) is 0 Å². The Morgan fingerprint density at radius 1 is 1.47 bits per heavy atom. The topological polar surface area (TPSA) is 48.3 Å². The molecule has 1 unspecified atom stereocenters. The normalized spacial score (nSPS) is 12.9. The summed E-state index contributed by atoms with van der Waals surface area (Å²) >= 11 is 0. The van der Waals surface area contributed by atoms with Gasteiger partial charge in [-0.25, -0.2) is 0 Å². The third kappa shape index (κ3) is 5.30. The van der Waals surface area contributed by atoms with Crippen LogP contribution in [0.25, 0.3) is 0 Å². The molecule has 5 heteroatoms. The van der Waals surface area contributed by atoms with Crippen LogP contribution in [0.5, 0.6) is 0 Å². The maximum atomic E-state index is 5.52. The summed E-state index contributed by atoms with van der Waals surface area (Å²) in [7, 11) is 5.62. The number of aryl methyl sites for hydroxylation is 2. The summed E-state index contributed by atoms with van der Waals surface area (Å²) in [6.07, 6.45) is 3.89. The molecule has 0 saturated carbocycles. The van der Waals surface area contributed by atoms with E-state index in [0.29, 0.717) is 19.3 Å². The van der Waals surface area contributed by atoms with Crippen LogP contribution in [0.2, 0.25) is 0 Å². The smallest absolute Gasteiger partial charge is 0.0701 e. The molecule has 0 aliphatic rings. The van der Waals surface area contributed by atoms with E-state index in [0.717, 1.165) is 19.4 Å². The molecule has 0 aliphatic carbocycles. The Balaban J connectivity index is 2.20. The quantitative estimate of drug-likeness (QED) is 0.643. The molecule has 1 heterocycles. The molecule has 1 rings (SSSR count). The van der Waals surface area contributed by atoms with Gasteiger partial charge in [0.25, 0.3) is 0 Å². The van der Waals surface area contributed by atoms with E-state index in [2.05, 4.69) is 16.5 Å². The molecule has 0 fully saturated rings. The molecule has 0 radical (unpaired) electrons. The van der Waals surface area contributed by atoms with Gasteiger partial charge in [0, 0.05) is 32.1 Å². The molecule has 0 amide bonds. The van der Waals surface area contributed by atoms with Gasteiger partial charge >= 0.3 is 0 Å². The van der Waals surface area contributed by atoms with Gasteiger partial charge in [0.15, 0.2) is 0 Å². The van der Waals surface area contributed by atoms with Crippen LogP contribution in [0.4, 0.5) is 0 Å². The predicted molar refractivity (Wildman–Crippen MR) is 67.1 cm³/mol. The minimum Gasteiger partial charge on any atom is -0.382 e. The molecule has 17 heavy (non-hydrogen) atoms. The first-order chi connectivity index (χ1) is 8.27. The molecule has 1 N–H and O–H groups in total. The lowest BCUT2D eigenvalue weighted by molar-refractivity contribution is 0.0585. The molecule has 5 nitrogen and oxygen atoms in total. The number of aromatic nitrogens is 2. The third-order valence-electron chi connectivity index (χ3n) is 2.83. The van der Waals surface area contributed by atoms with E-state index in [1.807, 2.05) is 25.0 Å². The van der Waals surface area contributed by atoms with Crippen molar-refractivity contribution in [2.45, 2.75) is 18.9 Å². The SMILES string of the molecule is CNC(CCc1ccnn1C)COCCOC. The lowest BCUT2D eigenvalue weighted by atomic mass is 10.1. The summed E-state index contributed by atoms with van der Waals surface area (Å²) in [5.41, 5.74) is 1.25. The molecular formula is C12H23N3O2. The maximum absolute atomic E-state index is 5.52. The van der Waals surface area contributed by atoms with Crippen LogP contribution in [0.3, 0.4) is 0 Å². The van der Waals surface area contributed by atoms with Crippen LogP contribution in [-0.2, 0) is 22.9 Å². The van der Waals surface area contributed by atoms with Gasteiger partial charge in [-0.15, -0.1) is 0 Å². The number of nitrogens with one attached hydrogen (secondary N) is 1. The van der Waals surface area contributed by atoms with Gasteiger partial charge in [0.1, 0.15) is 0 Å². The fourth-order valence-corrected chi connectivity index (χ4v) is 1.65. The summed E-state index contributed by atoms with van der Waals surface area (Å²) in [5.74, 6) is 0. The number of methoxy groups -OCH3 is 1. The second-order valence-electron chi connectivity index (χ2n) is 4.04. The standard InChI is InChI=1S/C12H23N3O2/c1-13-11(10-17-9-8-16-3)4-5-12-6-7-14-15(12)2/h6-7,11,13H,4-5,8-10H2,1-3H3. The lowest BCUT2D eigenvalue weighted by Crippen LogP contribution is -2.31. The van der Waals surface area contributed by atoms with Crippen molar-refractivity contribution in [3.8, 4) is 0 Å². The monoisotopic (exact) mass is 241 g/mol. The van der Waals surface area contributed by atoms with Gasteiger partial charge in [-0.1, -0.05) is 0 Å². The number of hydrogen-bond donors (Lipinski definition) is 1. The number of rotatable bonds is 9. The van der Waals surface area contributed by atoms with Gasteiger partial charge in [-0.3, -0.25) is 4.68 Å². The van der Waals surface area contributed by atoms with Crippen LogP contribution < -0.4 is 5.32 Å². The van der Waals surface area contributed by atoms with E-state index in [-0.39, 0.29) is 0 Å². The van der Waals surface area contributed by atoms with Crippen molar-refractivity contribution in [3.63, 3.8) is 0 Å². The summed E-state index contributed by atoms with van der Waals surface area (Å²) in [4.78, 5) is 0. The number of hydrogen-bond acceptors (Lipinski definition) is 4. The zero-order valence-corrected chi connectivity index (χ0v) is 11.0. The Bertz CT molecular complexity index is 302. The van der Waals surface area contributed by atoms with Crippen molar-refractivity contribution >= 4 is 0 Å². The van der Waals surface area contributed by atoms with Crippen molar-refractivity contribution in [2.75, 3.05) is 34.0 Å². The van der Waals surface area contributed by atoms with Gasteiger partial charge in [0.2, 0.25) is 0 Å². The highest BCUT2D eigenvalue weighted by molar-refractivity contribution is 5.00. The highest BCUT2D eigenvalue weighted by Gasteiger charge is 2.08. The molecular weight excluding hydrogens is 218 g/mol. The van der Waals surface area contributed by atoms with E-state index >= 15 is 0 Å². The predicted octanol–water partition coefficient (Wildman–Crippen LogP) is 0.604. The van der Waals surface area contributed by atoms with Gasteiger partial charge in [-0.2, -0.15) is 5.10 Å². The van der Waals surface area contributed by atoms with Crippen LogP contribution in [-0.4, -0.2) is 49.8 Å². The fourth-order valence-electron chi connectivity index (χ4n) is 1.65. The first-order valence-electron chi connectivity index (χ1n) is 5.98. The minimum atomic E-state index is 0.377. The number of nitrogens with zero attached hydrogens (tertiary/aromatic N) is 2. The zero-order valence-electron chi connectivity index (χ0n) is 11.0. The van der Waals surface area contributed by atoms with E-state index < -0.39 is 0 Å². The second kappa shape index (κ2) is 8.22. The van der Waals surface area contributed by atoms with Gasteiger partial charge in [0.05, 0.1) is 19.8 Å². The number of ether oxygens (including phenoxy) is 2. The van der Waals surface area contributed by atoms with Crippen molar-refractivity contribution in [1.82, 2.24) is 15.1 Å². The Kier molecular flexibility index (Phi) is 6.84. The number of likely N-dealkylation sites (N-methyl/N-ethyl adjacent to an activating group) is 1. The van der Waals surface area contributed by atoms with E-state index in [1.165, 1.54) is 5.69 Å². The first-order valence-corrected chi connectivity index (χ1v) is 5.98. The summed E-state index contributed by atoms with van der Waals surface area (Å²) in [6.45, 7) is 2.02. The Morgan fingerprint density at radius 2 is 2.29 bits per heavy atom. The van der Waals surface area contributed by atoms with Gasteiger partial charge in [-0.05, 0) is 26.0 Å². The van der Waals surface area contributed by atoms with Gasteiger partial charge < -0.3 is 14.8 Å². The minimum absolute atomic E-state index is 0.377.